The maximum Gasteiger partial charge on any atom is 0.416 e. The summed E-state index contributed by atoms with van der Waals surface area (Å²) in [5.74, 6) is -0.898. The minimum Gasteiger partial charge on any atom is -0.456 e. The number of nitrogens with zero attached hydrogens (tertiary/aromatic N) is 3. The van der Waals surface area contributed by atoms with Crippen molar-refractivity contribution in [3.8, 4) is 11.3 Å². The average Bonchev–Trinajstić information content (AvgIpc) is 2.87. The van der Waals surface area contributed by atoms with Crippen LogP contribution in [0.2, 0.25) is 0 Å². The van der Waals surface area contributed by atoms with Gasteiger partial charge in [0.15, 0.2) is 0 Å². The Labute approximate surface area is 211 Å². The predicted octanol–water partition coefficient (Wildman–Crippen LogP) is 4.06. The van der Waals surface area contributed by atoms with Crippen molar-refractivity contribution in [1.82, 2.24) is 20.5 Å². The monoisotopic (exact) mass is 514 g/mol. The van der Waals surface area contributed by atoms with Crippen LogP contribution in [0.15, 0.2) is 54.9 Å². The smallest absolute Gasteiger partial charge is 0.416 e. The van der Waals surface area contributed by atoms with Gasteiger partial charge in [0, 0.05) is 30.1 Å². The van der Waals surface area contributed by atoms with E-state index in [1.54, 1.807) is 30.6 Å². The van der Waals surface area contributed by atoms with Gasteiger partial charge in [-0.05, 0) is 54.7 Å². The van der Waals surface area contributed by atoms with Crippen LogP contribution < -0.4 is 5.32 Å². The topological polar surface area (TPSA) is 103 Å². The molecule has 0 radical (unpaired) electrons. The van der Waals surface area contributed by atoms with Gasteiger partial charge in [0.1, 0.15) is 19.3 Å². The summed E-state index contributed by atoms with van der Waals surface area (Å²) in [4.78, 5) is 28.3. The second-order valence-electron chi connectivity index (χ2n) is 8.86. The molecule has 3 aromatic rings. The van der Waals surface area contributed by atoms with Crippen molar-refractivity contribution in [2.45, 2.75) is 38.6 Å². The molecule has 1 N–H and O–H groups in total. The summed E-state index contributed by atoms with van der Waals surface area (Å²) in [6.45, 7) is 1.54. The van der Waals surface area contributed by atoms with E-state index >= 15 is 0 Å². The molecule has 11 heteroatoms. The number of halogens is 3. The van der Waals surface area contributed by atoms with E-state index in [1.807, 2.05) is 6.92 Å². The fourth-order valence-corrected chi connectivity index (χ4v) is 4.05. The number of amides is 1. The maximum absolute atomic E-state index is 13.1. The number of aromatic nitrogens is 3. The summed E-state index contributed by atoms with van der Waals surface area (Å²) in [5.41, 5.74) is 1.83. The van der Waals surface area contributed by atoms with Gasteiger partial charge in [0.2, 0.25) is 5.91 Å². The summed E-state index contributed by atoms with van der Waals surface area (Å²) >= 11 is 0. The number of nitrogens with one attached hydrogen (secondary N) is 1. The highest BCUT2D eigenvalue weighted by Crippen LogP contribution is 2.37. The van der Waals surface area contributed by atoms with Crippen LogP contribution in [-0.2, 0) is 38.2 Å². The van der Waals surface area contributed by atoms with Gasteiger partial charge in [-0.15, -0.1) is 0 Å². The van der Waals surface area contributed by atoms with E-state index in [0.29, 0.717) is 30.6 Å². The van der Waals surface area contributed by atoms with Crippen molar-refractivity contribution in [3.05, 3.63) is 77.2 Å². The molecule has 1 aliphatic carbocycles. The molecule has 0 bridgehead atoms. The molecular weight excluding hydrogens is 489 g/mol. The lowest BCUT2D eigenvalue weighted by molar-refractivity contribution is -0.156. The highest BCUT2D eigenvalue weighted by Gasteiger charge is 2.32. The number of hydrogen-bond donors (Lipinski definition) is 1. The molecule has 194 valence electrons. The molecule has 8 nitrogen and oxygen atoms in total. The quantitative estimate of drug-likeness (QED) is 0.452. The largest absolute Gasteiger partial charge is 0.456 e. The Morgan fingerprint density at radius 3 is 2.62 bits per heavy atom. The fraction of sp³-hybridized carbons (Fsp3) is 0.346. The number of alkyl halides is 3. The predicted molar refractivity (Wildman–Crippen MR) is 126 cm³/mol. The molecule has 1 amide bonds. The molecule has 1 aromatic carbocycles. The Morgan fingerprint density at radius 1 is 1.08 bits per heavy atom. The number of pyridine rings is 1. The second kappa shape index (κ2) is 11.5. The number of esters is 1. The molecule has 37 heavy (non-hydrogen) atoms. The molecule has 2 atom stereocenters. The molecule has 0 spiro atoms. The number of ether oxygens (including phenoxy) is 2. The standard InChI is InChI=1S/C26H25F3N4O4/c1-16-9-22-20(12-21(32-33-22)18-3-2-4-19(11-18)26(27,28)29)23(10-16)37-25(35)15-36-14-24(34)31-13-17-5-7-30-8-6-17/h2-8,11-12,16,23H,9-10,13-15H2,1H3,(H,31,34). The van der Waals surface area contributed by atoms with Crippen molar-refractivity contribution in [3.63, 3.8) is 0 Å². The minimum absolute atomic E-state index is 0.152. The van der Waals surface area contributed by atoms with E-state index in [2.05, 4.69) is 20.5 Å². The molecule has 0 fully saturated rings. The average molecular weight is 515 g/mol. The van der Waals surface area contributed by atoms with Gasteiger partial charge in [-0.3, -0.25) is 9.78 Å². The first-order chi connectivity index (χ1) is 17.7. The van der Waals surface area contributed by atoms with Gasteiger partial charge in [-0.25, -0.2) is 4.79 Å². The number of hydrogen-bond acceptors (Lipinski definition) is 7. The Kier molecular flexibility index (Phi) is 8.12. The third-order valence-electron chi connectivity index (χ3n) is 5.86. The number of benzene rings is 1. The van der Waals surface area contributed by atoms with Crippen LogP contribution in [0.5, 0.6) is 0 Å². The van der Waals surface area contributed by atoms with Crippen molar-refractivity contribution in [2.75, 3.05) is 13.2 Å². The van der Waals surface area contributed by atoms with Crippen LogP contribution in [0.1, 0.15) is 41.8 Å². The zero-order valence-electron chi connectivity index (χ0n) is 20.0. The van der Waals surface area contributed by atoms with E-state index in [-0.39, 0.29) is 29.7 Å². The van der Waals surface area contributed by atoms with E-state index in [0.717, 1.165) is 17.7 Å². The molecule has 0 aliphatic heterocycles. The van der Waals surface area contributed by atoms with Gasteiger partial charge in [-0.1, -0.05) is 19.1 Å². The lowest BCUT2D eigenvalue weighted by Gasteiger charge is -2.28. The number of carbonyl (C=O) groups excluding carboxylic acids is 2. The molecule has 2 heterocycles. The van der Waals surface area contributed by atoms with Crippen molar-refractivity contribution >= 4 is 11.9 Å². The normalized spacial score (nSPS) is 17.1. The van der Waals surface area contributed by atoms with Gasteiger partial charge >= 0.3 is 12.1 Å². The molecule has 0 saturated carbocycles. The van der Waals surface area contributed by atoms with Crippen LogP contribution in [0, 0.1) is 5.92 Å². The first-order valence-electron chi connectivity index (χ1n) is 11.7. The Hall–Kier alpha value is -3.86. The summed E-state index contributed by atoms with van der Waals surface area (Å²) in [6, 6.07) is 9.98. The first-order valence-corrected chi connectivity index (χ1v) is 11.7. The Bertz CT molecular complexity index is 1250. The van der Waals surface area contributed by atoms with Gasteiger partial charge in [0.25, 0.3) is 0 Å². The summed E-state index contributed by atoms with van der Waals surface area (Å²) in [7, 11) is 0. The molecule has 4 rings (SSSR count). The van der Waals surface area contributed by atoms with Crippen LogP contribution in [-0.4, -0.2) is 40.3 Å². The highest BCUT2D eigenvalue weighted by atomic mass is 19.4. The van der Waals surface area contributed by atoms with Crippen LogP contribution in [0.25, 0.3) is 11.3 Å². The van der Waals surface area contributed by atoms with E-state index in [1.165, 1.54) is 12.1 Å². The lowest BCUT2D eigenvalue weighted by atomic mass is 9.85. The summed E-state index contributed by atoms with van der Waals surface area (Å²) in [6.07, 6.45) is -0.790. The molecular formula is C26H25F3N4O4. The molecule has 0 saturated heterocycles. The lowest BCUT2D eigenvalue weighted by Crippen LogP contribution is -2.29. The third kappa shape index (κ3) is 7.10. The van der Waals surface area contributed by atoms with E-state index in [4.69, 9.17) is 9.47 Å². The fourth-order valence-electron chi connectivity index (χ4n) is 4.05. The van der Waals surface area contributed by atoms with Crippen LogP contribution in [0.3, 0.4) is 0 Å². The molecule has 1 aliphatic rings. The van der Waals surface area contributed by atoms with Crippen molar-refractivity contribution in [1.29, 1.82) is 0 Å². The van der Waals surface area contributed by atoms with Gasteiger partial charge in [0.05, 0.1) is 17.0 Å². The molecule has 2 aromatic heterocycles. The second-order valence-corrected chi connectivity index (χ2v) is 8.86. The SMILES string of the molecule is CC1Cc2nnc(-c3cccc(C(F)(F)F)c3)cc2C(OC(=O)COCC(=O)NCc2ccncc2)C1. The van der Waals surface area contributed by atoms with E-state index < -0.39 is 30.4 Å². The summed E-state index contributed by atoms with van der Waals surface area (Å²) in [5, 5.41) is 11.0. The number of rotatable bonds is 8. The third-order valence-corrected chi connectivity index (χ3v) is 5.86. The van der Waals surface area contributed by atoms with Crippen molar-refractivity contribution in [2.24, 2.45) is 5.92 Å². The number of fused-ring (bicyclic) bond motifs is 1. The Balaban J connectivity index is 1.37. The first kappa shape index (κ1) is 26.2. The van der Waals surface area contributed by atoms with Crippen LogP contribution >= 0.6 is 0 Å². The zero-order valence-corrected chi connectivity index (χ0v) is 20.0. The zero-order chi connectivity index (χ0) is 26.4. The maximum atomic E-state index is 13.1. The Morgan fingerprint density at radius 2 is 1.86 bits per heavy atom. The van der Waals surface area contributed by atoms with Gasteiger partial charge in [-0.2, -0.15) is 23.4 Å². The van der Waals surface area contributed by atoms with Crippen molar-refractivity contribution < 1.29 is 32.2 Å². The number of carbonyl (C=O) groups is 2. The van der Waals surface area contributed by atoms with Gasteiger partial charge < -0.3 is 14.8 Å². The molecule has 2 unspecified atom stereocenters. The summed E-state index contributed by atoms with van der Waals surface area (Å²) < 4.78 is 50.3. The van der Waals surface area contributed by atoms with Crippen LogP contribution in [0.4, 0.5) is 13.2 Å². The highest BCUT2D eigenvalue weighted by molar-refractivity contribution is 5.78. The minimum atomic E-state index is -4.49. The van der Waals surface area contributed by atoms with E-state index in [9.17, 15) is 22.8 Å².